The fourth-order valence-corrected chi connectivity index (χ4v) is 1.42. The Bertz CT molecular complexity index is 354. The van der Waals surface area contributed by atoms with Crippen LogP contribution in [0.5, 0.6) is 0 Å². The number of ketones is 1. The van der Waals surface area contributed by atoms with Crippen molar-refractivity contribution in [3.63, 3.8) is 0 Å². The van der Waals surface area contributed by atoms with Crippen LogP contribution in [0.1, 0.15) is 40.0 Å². The van der Waals surface area contributed by atoms with Crippen LogP contribution in [0.2, 0.25) is 0 Å². The summed E-state index contributed by atoms with van der Waals surface area (Å²) in [6.07, 6.45) is 0.632. The lowest BCUT2D eigenvalue weighted by Crippen LogP contribution is -2.44. The lowest BCUT2D eigenvalue weighted by Gasteiger charge is -2.21. The number of hydrogen-bond acceptors (Lipinski definition) is 4. The molecule has 0 bridgehead atoms. The van der Waals surface area contributed by atoms with Crippen LogP contribution in [0.25, 0.3) is 0 Å². The molecule has 18 heavy (non-hydrogen) atoms. The van der Waals surface area contributed by atoms with Gasteiger partial charge in [0, 0.05) is 12.3 Å². The van der Waals surface area contributed by atoms with Crippen molar-refractivity contribution in [2.24, 2.45) is 5.92 Å². The van der Waals surface area contributed by atoms with Crippen LogP contribution in [0.15, 0.2) is 0 Å². The van der Waals surface area contributed by atoms with Gasteiger partial charge in [-0.1, -0.05) is 0 Å². The van der Waals surface area contributed by atoms with Crippen molar-refractivity contribution in [2.45, 2.75) is 51.7 Å². The minimum absolute atomic E-state index is 0.0210. The van der Waals surface area contributed by atoms with Crippen LogP contribution in [0, 0.1) is 5.92 Å². The molecule has 1 unspecified atom stereocenters. The van der Waals surface area contributed by atoms with Crippen LogP contribution in [-0.4, -0.2) is 34.6 Å². The number of carbonyl (C=O) groups is 3. The highest BCUT2D eigenvalue weighted by Crippen LogP contribution is 2.31. The molecule has 0 aliphatic heterocycles. The Kier molecular flexibility index (Phi) is 4.32. The third-order valence-corrected chi connectivity index (χ3v) is 2.43. The summed E-state index contributed by atoms with van der Waals surface area (Å²) in [6.45, 7) is 5.03. The van der Waals surface area contributed by atoms with Gasteiger partial charge >= 0.3 is 12.1 Å². The molecule has 1 atom stereocenters. The molecule has 102 valence electrons. The molecule has 6 heteroatoms. The number of carboxylic acids is 1. The van der Waals surface area contributed by atoms with E-state index >= 15 is 0 Å². The lowest BCUT2D eigenvalue weighted by molar-refractivity contribution is -0.141. The predicted octanol–water partition coefficient (Wildman–Crippen LogP) is 1.33. The van der Waals surface area contributed by atoms with Crippen molar-refractivity contribution in [1.29, 1.82) is 0 Å². The second-order valence-corrected chi connectivity index (χ2v) is 5.48. The minimum atomic E-state index is -1.23. The average Bonchev–Trinajstić information content (AvgIpc) is 2.95. The summed E-state index contributed by atoms with van der Waals surface area (Å²) in [4.78, 5) is 33.9. The number of carboxylic acid groups (broad SMARTS) is 1. The van der Waals surface area contributed by atoms with Gasteiger partial charge < -0.3 is 15.2 Å². The average molecular weight is 257 g/mol. The van der Waals surface area contributed by atoms with Crippen molar-refractivity contribution in [3.8, 4) is 0 Å². The Morgan fingerprint density at radius 3 is 2.28 bits per heavy atom. The molecule has 0 aromatic rings. The first-order valence-electron chi connectivity index (χ1n) is 5.94. The molecule has 1 saturated carbocycles. The van der Waals surface area contributed by atoms with E-state index < -0.39 is 23.7 Å². The SMILES string of the molecule is CC(C)(C)OC(=O)NC(CC(=O)C1CC1)C(=O)O. The van der Waals surface area contributed by atoms with Crippen molar-refractivity contribution >= 4 is 17.8 Å². The van der Waals surface area contributed by atoms with E-state index in [-0.39, 0.29) is 18.1 Å². The molecular formula is C12H19NO5. The molecule has 1 amide bonds. The molecule has 0 aromatic carbocycles. The molecule has 6 nitrogen and oxygen atoms in total. The Morgan fingerprint density at radius 2 is 1.89 bits per heavy atom. The van der Waals surface area contributed by atoms with Crippen LogP contribution in [-0.2, 0) is 14.3 Å². The highest BCUT2D eigenvalue weighted by atomic mass is 16.6. The summed E-state index contributed by atoms with van der Waals surface area (Å²) in [7, 11) is 0. The number of aliphatic carboxylic acids is 1. The maximum atomic E-state index is 11.5. The summed E-state index contributed by atoms with van der Waals surface area (Å²) in [5.41, 5.74) is -0.701. The first-order chi connectivity index (χ1) is 8.19. The largest absolute Gasteiger partial charge is 0.480 e. The smallest absolute Gasteiger partial charge is 0.408 e. The maximum Gasteiger partial charge on any atom is 0.408 e. The molecule has 0 radical (unpaired) electrons. The van der Waals surface area contributed by atoms with Crippen LogP contribution in [0.4, 0.5) is 4.79 Å². The minimum Gasteiger partial charge on any atom is -0.480 e. The molecule has 0 aromatic heterocycles. The zero-order valence-electron chi connectivity index (χ0n) is 10.9. The van der Waals surface area contributed by atoms with E-state index in [1.54, 1.807) is 20.8 Å². The molecular weight excluding hydrogens is 238 g/mol. The third-order valence-electron chi connectivity index (χ3n) is 2.43. The van der Waals surface area contributed by atoms with E-state index in [2.05, 4.69) is 5.32 Å². The number of alkyl carbamates (subject to hydrolysis) is 1. The molecule has 1 aliphatic rings. The summed E-state index contributed by atoms with van der Waals surface area (Å²) in [5, 5.41) is 11.2. The topological polar surface area (TPSA) is 92.7 Å². The van der Waals surface area contributed by atoms with E-state index in [9.17, 15) is 14.4 Å². The van der Waals surface area contributed by atoms with Gasteiger partial charge in [0.25, 0.3) is 0 Å². The highest BCUT2D eigenvalue weighted by Gasteiger charge is 2.34. The zero-order chi connectivity index (χ0) is 13.9. The molecule has 0 saturated heterocycles. The lowest BCUT2D eigenvalue weighted by atomic mass is 10.1. The Labute approximate surface area is 106 Å². The van der Waals surface area contributed by atoms with Gasteiger partial charge in [0.05, 0.1) is 0 Å². The van der Waals surface area contributed by atoms with Crippen LogP contribution < -0.4 is 5.32 Å². The number of amides is 1. The van der Waals surface area contributed by atoms with E-state index in [0.717, 1.165) is 12.8 Å². The first kappa shape index (κ1) is 14.5. The van der Waals surface area contributed by atoms with Gasteiger partial charge in [-0.2, -0.15) is 0 Å². The molecule has 1 aliphatic carbocycles. The van der Waals surface area contributed by atoms with E-state index in [0.29, 0.717) is 0 Å². The molecule has 0 heterocycles. The second kappa shape index (κ2) is 5.37. The Balaban J connectivity index is 2.49. The molecule has 1 fully saturated rings. The number of nitrogens with one attached hydrogen (secondary N) is 1. The van der Waals surface area contributed by atoms with Gasteiger partial charge in [0.1, 0.15) is 17.4 Å². The zero-order valence-corrected chi connectivity index (χ0v) is 10.9. The number of ether oxygens (including phenoxy) is 1. The highest BCUT2D eigenvalue weighted by molar-refractivity contribution is 5.90. The number of hydrogen-bond donors (Lipinski definition) is 2. The van der Waals surface area contributed by atoms with Crippen molar-refractivity contribution < 1.29 is 24.2 Å². The van der Waals surface area contributed by atoms with Crippen molar-refractivity contribution in [2.75, 3.05) is 0 Å². The summed E-state index contributed by atoms with van der Waals surface area (Å²) >= 11 is 0. The number of carbonyl (C=O) groups excluding carboxylic acids is 2. The van der Waals surface area contributed by atoms with Crippen molar-refractivity contribution in [1.82, 2.24) is 5.32 Å². The third kappa shape index (κ3) is 5.16. The van der Waals surface area contributed by atoms with E-state index in [4.69, 9.17) is 9.84 Å². The fraction of sp³-hybridized carbons (Fsp3) is 0.750. The Morgan fingerprint density at radius 1 is 1.33 bits per heavy atom. The maximum absolute atomic E-state index is 11.5. The van der Waals surface area contributed by atoms with Gasteiger partial charge in [-0.15, -0.1) is 0 Å². The Hall–Kier alpha value is -1.59. The van der Waals surface area contributed by atoms with Gasteiger partial charge in [0.2, 0.25) is 0 Å². The molecule has 2 N–H and O–H groups in total. The van der Waals surface area contributed by atoms with Gasteiger partial charge in [-0.25, -0.2) is 9.59 Å². The summed E-state index contributed by atoms with van der Waals surface area (Å²) in [6, 6.07) is -1.21. The van der Waals surface area contributed by atoms with Crippen LogP contribution in [0.3, 0.4) is 0 Å². The second-order valence-electron chi connectivity index (χ2n) is 5.48. The van der Waals surface area contributed by atoms with E-state index in [1.807, 2.05) is 0 Å². The standard InChI is InChI=1S/C12H19NO5/c1-12(2,3)18-11(17)13-8(10(15)16)6-9(14)7-4-5-7/h7-8H,4-6H2,1-3H3,(H,13,17)(H,15,16). The van der Waals surface area contributed by atoms with Gasteiger partial charge in [-0.3, -0.25) is 4.79 Å². The van der Waals surface area contributed by atoms with Gasteiger partial charge in [0.15, 0.2) is 0 Å². The monoisotopic (exact) mass is 257 g/mol. The first-order valence-corrected chi connectivity index (χ1v) is 5.94. The normalized spacial score (nSPS) is 16.8. The fourth-order valence-electron chi connectivity index (χ4n) is 1.42. The van der Waals surface area contributed by atoms with Crippen molar-refractivity contribution in [3.05, 3.63) is 0 Å². The quantitative estimate of drug-likeness (QED) is 0.775. The molecule has 1 rings (SSSR count). The number of rotatable bonds is 5. The summed E-state index contributed by atoms with van der Waals surface area (Å²) < 4.78 is 4.95. The van der Waals surface area contributed by atoms with E-state index in [1.165, 1.54) is 0 Å². The molecule has 0 spiro atoms. The predicted molar refractivity (Wildman–Crippen MR) is 63.1 cm³/mol. The summed E-state index contributed by atoms with van der Waals surface area (Å²) in [5.74, 6) is -1.36. The number of Topliss-reactive ketones (excluding diaryl/α,β-unsaturated/α-hetero) is 1. The van der Waals surface area contributed by atoms with Crippen LogP contribution >= 0.6 is 0 Å². The van der Waals surface area contributed by atoms with Gasteiger partial charge in [-0.05, 0) is 33.6 Å².